The molecule has 0 bridgehead atoms. The van der Waals surface area contributed by atoms with Crippen LogP contribution in [0.2, 0.25) is 0 Å². The summed E-state index contributed by atoms with van der Waals surface area (Å²) in [4.78, 5) is 0. The fourth-order valence-corrected chi connectivity index (χ4v) is 3.04. The predicted molar refractivity (Wildman–Crippen MR) is 117 cm³/mol. The van der Waals surface area contributed by atoms with Crippen LogP contribution in [-0.2, 0) is 6.11 Å². The molecule has 0 aromatic heterocycles. The molecule has 0 N–H and O–H groups in total. The predicted octanol–water partition coefficient (Wildman–Crippen LogP) is 7.85. The number of hydrogen-bond donors (Lipinski definition) is 0. The molecular weight excluding hydrogens is 531 g/mol. The molecule has 0 aliphatic rings. The summed E-state index contributed by atoms with van der Waals surface area (Å²) in [5.41, 5.74) is -1.78. The molecule has 0 atom stereocenters. The number of alkyl halides is 5. The van der Waals surface area contributed by atoms with Gasteiger partial charge >= 0.3 is 12.5 Å². The number of benzene rings is 3. The molecule has 38 heavy (non-hydrogen) atoms. The van der Waals surface area contributed by atoms with E-state index >= 15 is 0 Å². The van der Waals surface area contributed by atoms with Crippen LogP contribution >= 0.6 is 0 Å². The molecule has 0 heterocycles. The highest BCUT2D eigenvalue weighted by atomic mass is 19.4. The van der Waals surface area contributed by atoms with Gasteiger partial charge in [-0.2, -0.15) is 8.78 Å². The second-order valence-corrected chi connectivity index (χ2v) is 7.67. The van der Waals surface area contributed by atoms with Crippen LogP contribution in [0, 0.1) is 35.1 Å². The molecule has 0 spiro atoms. The topological polar surface area (TPSA) is 27.7 Å². The van der Waals surface area contributed by atoms with Crippen molar-refractivity contribution in [2.45, 2.75) is 32.2 Å². The average molecular weight is 548 g/mol. The highest BCUT2D eigenvalue weighted by Crippen LogP contribution is 2.38. The van der Waals surface area contributed by atoms with Crippen LogP contribution in [0.1, 0.15) is 36.5 Å². The summed E-state index contributed by atoms with van der Waals surface area (Å²) < 4.78 is 135. The summed E-state index contributed by atoms with van der Waals surface area (Å²) in [6.07, 6.45) is -8.47. The van der Waals surface area contributed by atoms with E-state index in [9.17, 15) is 39.5 Å². The van der Waals surface area contributed by atoms with E-state index in [0.717, 1.165) is 12.8 Å². The quantitative estimate of drug-likeness (QED) is 0.163. The maximum atomic E-state index is 14.5. The lowest BCUT2D eigenvalue weighted by molar-refractivity contribution is -0.276. The van der Waals surface area contributed by atoms with Crippen molar-refractivity contribution >= 4 is 0 Å². The van der Waals surface area contributed by atoms with Crippen molar-refractivity contribution in [3.8, 4) is 29.1 Å². The van der Waals surface area contributed by atoms with Crippen molar-refractivity contribution in [1.29, 1.82) is 0 Å². The zero-order valence-corrected chi connectivity index (χ0v) is 19.4. The number of halogens is 9. The van der Waals surface area contributed by atoms with E-state index < -0.39 is 52.8 Å². The highest BCUT2D eigenvalue weighted by molar-refractivity contribution is 5.46. The van der Waals surface area contributed by atoms with Gasteiger partial charge in [0.15, 0.2) is 11.6 Å². The second kappa shape index (κ2) is 11.6. The Bertz CT molecular complexity index is 1290. The smallest absolute Gasteiger partial charge is 0.494 e. The second-order valence-electron chi connectivity index (χ2n) is 7.67. The normalized spacial score (nSPS) is 11.5. The third-order valence-corrected chi connectivity index (χ3v) is 4.74. The van der Waals surface area contributed by atoms with Gasteiger partial charge in [0.25, 0.3) is 0 Å². The van der Waals surface area contributed by atoms with Gasteiger partial charge in [-0.25, -0.2) is 17.6 Å². The van der Waals surface area contributed by atoms with Crippen LogP contribution < -0.4 is 14.2 Å². The van der Waals surface area contributed by atoms with E-state index in [2.05, 4.69) is 21.3 Å². The first-order chi connectivity index (χ1) is 17.8. The van der Waals surface area contributed by atoms with Gasteiger partial charge in [0.1, 0.15) is 28.7 Å². The zero-order chi connectivity index (χ0) is 28.1. The summed E-state index contributed by atoms with van der Waals surface area (Å²) >= 11 is 0. The minimum Gasteiger partial charge on any atom is -0.494 e. The summed E-state index contributed by atoms with van der Waals surface area (Å²) in [6.45, 7) is 2.54. The molecule has 3 nitrogen and oxygen atoms in total. The van der Waals surface area contributed by atoms with Gasteiger partial charge in [0.2, 0.25) is 5.75 Å². The first-order valence-corrected chi connectivity index (χ1v) is 10.8. The molecule has 0 fully saturated rings. The number of rotatable bonds is 8. The van der Waals surface area contributed by atoms with E-state index in [-0.39, 0.29) is 17.7 Å². The van der Waals surface area contributed by atoms with Crippen LogP contribution in [0.5, 0.6) is 17.2 Å². The van der Waals surface area contributed by atoms with Crippen molar-refractivity contribution in [2.75, 3.05) is 6.61 Å². The molecule has 0 aliphatic heterocycles. The van der Waals surface area contributed by atoms with Gasteiger partial charge in [0.05, 0.1) is 6.61 Å². The third-order valence-electron chi connectivity index (χ3n) is 4.74. The van der Waals surface area contributed by atoms with Crippen molar-refractivity contribution in [1.82, 2.24) is 0 Å². The molecule has 12 heteroatoms. The minimum atomic E-state index is -5.48. The van der Waals surface area contributed by atoms with Gasteiger partial charge < -0.3 is 14.2 Å². The lowest BCUT2D eigenvalue weighted by atomic mass is 10.1. The van der Waals surface area contributed by atoms with E-state index in [1.54, 1.807) is 24.3 Å². The first kappa shape index (κ1) is 28.6. The molecule has 0 saturated carbocycles. The van der Waals surface area contributed by atoms with Crippen LogP contribution in [-0.4, -0.2) is 13.0 Å². The largest absolute Gasteiger partial charge is 0.573 e. The Morgan fingerprint density at radius 1 is 0.684 bits per heavy atom. The first-order valence-electron chi connectivity index (χ1n) is 10.8. The fraction of sp³-hybridized carbons (Fsp3) is 0.231. The van der Waals surface area contributed by atoms with Crippen LogP contribution in [0.3, 0.4) is 0 Å². The molecule has 3 rings (SSSR count). The summed E-state index contributed by atoms with van der Waals surface area (Å²) in [5, 5.41) is 0. The van der Waals surface area contributed by atoms with Gasteiger partial charge in [-0.1, -0.05) is 25.2 Å². The molecule has 0 amide bonds. The fourth-order valence-electron chi connectivity index (χ4n) is 3.04. The van der Waals surface area contributed by atoms with E-state index in [4.69, 9.17) is 4.74 Å². The molecular formula is C26H17F9O3. The molecule has 0 radical (unpaired) electrons. The Kier molecular flexibility index (Phi) is 8.70. The highest BCUT2D eigenvalue weighted by Gasteiger charge is 2.42. The minimum absolute atomic E-state index is 0.0617. The monoisotopic (exact) mass is 548 g/mol. The number of ether oxygens (including phenoxy) is 3. The van der Waals surface area contributed by atoms with Crippen molar-refractivity contribution < 1.29 is 53.7 Å². The summed E-state index contributed by atoms with van der Waals surface area (Å²) in [5.74, 6) is -5.33. The van der Waals surface area contributed by atoms with Crippen molar-refractivity contribution in [3.63, 3.8) is 0 Å². The van der Waals surface area contributed by atoms with Gasteiger partial charge in [-0.15, -0.1) is 13.2 Å². The van der Waals surface area contributed by atoms with Crippen LogP contribution in [0.4, 0.5) is 39.5 Å². The van der Waals surface area contributed by atoms with Crippen LogP contribution in [0.25, 0.3) is 0 Å². The molecule has 0 unspecified atom stereocenters. The zero-order valence-electron chi connectivity index (χ0n) is 19.4. The Labute approximate surface area is 210 Å². The Morgan fingerprint density at radius 3 is 1.76 bits per heavy atom. The van der Waals surface area contributed by atoms with Crippen molar-refractivity contribution in [2.24, 2.45) is 0 Å². The lowest BCUT2D eigenvalue weighted by Gasteiger charge is -2.20. The van der Waals surface area contributed by atoms with Gasteiger partial charge in [-0.3, -0.25) is 0 Å². The molecule has 0 aliphatic carbocycles. The Balaban J connectivity index is 1.80. The molecule has 3 aromatic carbocycles. The standard InChI is InChI=1S/C26H17F9O3/c1-2-3-10-36-17-8-6-15(7-9-17)4-5-16-11-19(27)23(20(28)12-16)25(31,32)37-18-13-21(29)24(22(30)14-18)38-26(33,34)35/h6-9,11-14H,2-3,10H2,1H3. The Hall–Kier alpha value is -4.01. The summed E-state index contributed by atoms with van der Waals surface area (Å²) in [6, 6.07) is 7.30. The van der Waals surface area contributed by atoms with E-state index in [1.165, 1.54) is 0 Å². The van der Waals surface area contributed by atoms with Crippen molar-refractivity contribution in [3.05, 3.63) is 88.5 Å². The van der Waals surface area contributed by atoms with Gasteiger partial charge in [-0.05, 0) is 42.8 Å². The maximum Gasteiger partial charge on any atom is 0.573 e. The molecule has 202 valence electrons. The van der Waals surface area contributed by atoms with Gasteiger partial charge in [0, 0.05) is 23.3 Å². The number of hydrogen-bond acceptors (Lipinski definition) is 3. The lowest BCUT2D eigenvalue weighted by Crippen LogP contribution is -2.25. The molecule has 0 saturated heterocycles. The van der Waals surface area contributed by atoms with E-state index in [1.807, 2.05) is 6.92 Å². The Morgan fingerprint density at radius 2 is 1.24 bits per heavy atom. The van der Waals surface area contributed by atoms with Crippen LogP contribution in [0.15, 0.2) is 48.5 Å². The SMILES string of the molecule is CCCCOc1ccc(C#Cc2cc(F)c(C(F)(F)Oc3cc(F)c(OC(F)(F)F)c(F)c3)c(F)c2)cc1. The third kappa shape index (κ3) is 7.50. The average Bonchev–Trinajstić information content (AvgIpc) is 2.79. The molecule has 3 aromatic rings. The summed E-state index contributed by atoms with van der Waals surface area (Å²) in [7, 11) is 0. The van der Waals surface area contributed by atoms with E-state index in [0.29, 0.717) is 30.1 Å². The number of unbranched alkanes of at least 4 members (excludes halogenated alkanes) is 1. The maximum absolute atomic E-state index is 14.5.